The largest absolute Gasteiger partial charge is 0.298 e. The van der Waals surface area contributed by atoms with Crippen LogP contribution in [-0.2, 0) is 0 Å². The molecule has 12 heavy (non-hydrogen) atoms. The Labute approximate surface area is 70.6 Å². The highest BCUT2D eigenvalue weighted by molar-refractivity contribution is 5.88. The van der Waals surface area contributed by atoms with E-state index in [1.54, 1.807) is 0 Å². The second-order valence-corrected chi connectivity index (χ2v) is 2.65. The number of carbonyl (C=O) groups excluding carboxylic acids is 1. The van der Waals surface area contributed by atoms with Crippen LogP contribution in [0.3, 0.4) is 0 Å². The van der Waals surface area contributed by atoms with Crippen molar-refractivity contribution in [2.75, 3.05) is 0 Å². The van der Waals surface area contributed by atoms with Crippen LogP contribution in [0.1, 0.15) is 10.4 Å². The highest BCUT2D eigenvalue weighted by Crippen LogP contribution is 2.13. The SMILES string of the molecule is O=Cc1ccc2cc[c]cc2c1. The van der Waals surface area contributed by atoms with Crippen molar-refractivity contribution in [3.8, 4) is 0 Å². The second kappa shape index (κ2) is 2.78. The lowest BCUT2D eigenvalue weighted by Crippen LogP contribution is -1.78. The van der Waals surface area contributed by atoms with Gasteiger partial charge < -0.3 is 0 Å². The first-order chi connectivity index (χ1) is 5.90. The van der Waals surface area contributed by atoms with Gasteiger partial charge in [0.05, 0.1) is 0 Å². The third-order valence-electron chi connectivity index (χ3n) is 1.84. The Bertz CT molecular complexity index is 418. The average Bonchev–Trinajstić information content (AvgIpc) is 2.17. The number of aldehydes is 1. The second-order valence-electron chi connectivity index (χ2n) is 2.65. The summed E-state index contributed by atoms with van der Waals surface area (Å²) in [7, 11) is 0. The maximum atomic E-state index is 10.4. The van der Waals surface area contributed by atoms with Crippen LogP contribution in [0.5, 0.6) is 0 Å². The fourth-order valence-corrected chi connectivity index (χ4v) is 1.22. The van der Waals surface area contributed by atoms with E-state index >= 15 is 0 Å². The molecule has 0 atom stereocenters. The molecule has 1 radical (unpaired) electrons. The van der Waals surface area contributed by atoms with Gasteiger partial charge in [-0.3, -0.25) is 4.79 Å². The lowest BCUT2D eigenvalue weighted by Gasteiger charge is -1.96. The molecule has 2 aromatic carbocycles. The topological polar surface area (TPSA) is 17.1 Å². The minimum absolute atomic E-state index is 0.710. The van der Waals surface area contributed by atoms with Gasteiger partial charge in [0.1, 0.15) is 6.29 Å². The van der Waals surface area contributed by atoms with Crippen LogP contribution >= 0.6 is 0 Å². The molecule has 0 saturated carbocycles. The molecule has 2 aromatic rings. The van der Waals surface area contributed by atoms with E-state index in [0.29, 0.717) is 5.56 Å². The Morgan fingerprint density at radius 2 is 2.08 bits per heavy atom. The van der Waals surface area contributed by atoms with Crippen molar-refractivity contribution in [2.24, 2.45) is 0 Å². The van der Waals surface area contributed by atoms with E-state index in [0.717, 1.165) is 17.1 Å². The molecule has 0 amide bonds. The molecule has 0 aliphatic rings. The molecule has 0 saturated heterocycles. The number of benzene rings is 2. The third kappa shape index (κ3) is 1.10. The fourth-order valence-electron chi connectivity index (χ4n) is 1.22. The molecule has 0 spiro atoms. The van der Waals surface area contributed by atoms with Gasteiger partial charge in [0.2, 0.25) is 0 Å². The van der Waals surface area contributed by atoms with Crippen molar-refractivity contribution in [2.45, 2.75) is 0 Å². The Balaban J connectivity index is 2.75. The van der Waals surface area contributed by atoms with Crippen molar-refractivity contribution in [3.05, 3.63) is 48.0 Å². The molecule has 0 bridgehead atoms. The molecule has 0 fully saturated rings. The molecule has 0 N–H and O–H groups in total. The van der Waals surface area contributed by atoms with Crippen molar-refractivity contribution < 1.29 is 4.79 Å². The van der Waals surface area contributed by atoms with Crippen molar-refractivity contribution in [1.29, 1.82) is 0 Å². The number of carbonyl (C=O) groups is 1. The minimum Gasteiger partial charge on any atom is -0.298 e. The summed E-state index contributed by atoms with van der Waals surface area (Å²) in [5, 5.41) is 2.20. The van der Waals surface area contributed by atoms with Crippen LogP contribution in [0.4, 0.5) is 0 Å². The molecule has 1 nitrogen and oxygen atoms in total. The first-order valence-corrected chi connectivity index (χ1v) is 3.75. The monoisotopic (exact) mass is 155 g/mol. The van der Waals surface area contributed by atoms with E-state index < -0.39 is 0 Å². The Kier molecular flexibility index (Phi) is 1.63. The van der Waals surface area contributed by atoms with Crippen molar-refractivity contribution in [3.63, 3.8) is 0 Å². The summed E-state index contributed by atoms with van der Waals surface area (Å²) in [6.07, 6.45) is 0.854. The van der Waals surface area contributed by atoms with Gasteiger partial charge in [-0.25, -0.2) is 0 Å². The number of hydrogen-bond donors (Lipinski definition) is 0. The lowest BCUT2D eigenvalue weighted by molar-refractivity contribution is 0.112. The zero-order chi connectivity index (χ0) is 8.39. The third-order valence-corrected chi connectivity index (χ3v) is 1.84. The summed E-state index contributed by atoms with van der Waals surface area (Å²) < 4.78 is 0. The summed E-state index contributed by atoms with van der Waals surface area (Å²) in [5.74, 6) is 0. The summed E-state index contributed by atoms with van der Waals surface area (Å²) in [6, 6.07) is 14.3. The maximum absolute atomic E-state index is 10.4. The van der Waals surface area contributed by atoms with E-state index in [1.807, 2.05) is 36.4 Å². The van der Waals surface area contributed by atoms with E-state index in [2.05, 4.69) is 6.07 Å². The summed E-state index contributed by atoms with van der Waals surface area (Å²) in [4.78, 5) is 10.4. The summed E-state index contributed by atoms with van der Waals surface area (Å²) >= 11 is 0. The summed E-state index contributed by atoms with van der Waals surface area (Å²) in [6.45, 7) is 0. The van der Waals surface area contributed by atoms with Crippen LogP contribution in [0.25, 0.3) is 10.8 Å². The van der Waals surface area contributed by atoms with Gasteiger partial charge in [0, 0.05) is 5.56 Å². The highest BCUT2D eigenvalue weighted by Gasteiger charge is 1.92. The molecular formula is C11H7O. The number of rotatable bonds is 1. The maximum Gasteiger partial charge on any atom is 0.150 e. The number of hydrogen-bond acceptors (Lipinski definition) is 1. The molecule has 2 rings (SSSR count). The van der Waals surface area contributed by atoms with Crippen molar-refractivity contribution in [1.82, 2.24) is 0 Å². The predicted octanol–water partition coefficient (Wildman–Crippen LogP) is 2.45. The predicted molar refractivity (Wildman–Crippen MR) is 48.2 cm³/mol. The first kappa shape index (κ1) is 7.04. The Morgan fingerprint density at radius 3 is 2.92 bits per heavy atom. The van der Waals surface area contributed by atoms with E-state index in [9.17, 15) is 4.79 Å². The van der Waals surface area contributed by atoms with Crippen molar-refractivity contribution >= 4 is 17.1 Å². The standard InChI is InChI=1S/C11H7O/c12-8-9-5-6-10-3-1-2-4-11(10)7-9/h1,3-8H. The normalized spacial score (nSPS) is 10.0. The molecule has 1 heteroatoms. The lowest BCUT2D eigenvalue weighted by atomic mass is 10.1. The zero-order valence-corrected chi connectivity index (χ0v) is 6.45. The smallest absolute Gasteiger partial charge is 0.150 e. The van der Waals surface area contributed by atoms with Crippen LogP contribution < -0.4 is 0 Å². The average molecular weight is 155 g/mol. The number of fused-ring (bicyclic) bond motifs is 1. The highest BCUT2D eigenvalue weighted by atomic mass is 16.1. The zero-order valence-electron chi connectivity index (χ0n) is 6.45. The van der Waals surface area contributed by atoms with Crippen LogP contribution in [0.2, 0.25) is 0 Å². The van der Waals surface area contributed by atoms with Gasteiger partial charge >= 0.3 is 0 Å². The van der Waals surface area contributed by atoms with Gasteiger partial charge in [0.15, 0.2) is 0 Å². The molecular weight excluding hydrogens is 148 g/mol. The molecule has 0 aliphatic heterocycles. The van der Waals surface area contributed by atoms with Crippen LogP contribution in [0.15, 0.2) is 36.4 Å². The van der Waals surface area contributed by atoms with Gasteiger partial charge in [-0.05, 0) is 29.0 Å². The molecule has 0 heterocycles. The molecule has 0 aromatic heterocycles. The van der Waals surface area contributed by atoms with E-state index in [-0.39, 0.29) is 0 Å². The Morgan fingerprint density at radius 1 is 1.17 bits per heavy atom. The quantitative estimate of drug-likeness (QED) is 0.578. The summed E-state index contributed by atoms with van der Waals surface area (Å²) in [5.41, 5.74) is 0.710. The Hall–Kier alpha value is -1.63. The van der Waals surface area contributed by atoms with Gasteiger partial charge in [-0.2, -0.15) is 0 Å². The van der Waals surface area contributed by atoms with E-state index in [1.165, 1.54) is 0 Å². The molecule has 0 aliphatic carbocycles. The van der Waals surface area contributed by atoms with Crippen LogP contribution in [0, 0.1) is 6.07 Å². The molecule has 0 unspecified atom stereocenters. The fraction of sp³-hybridized carbons (Fsp3) is 0. The van der Waals surface area contributed by atoms with E-state index in [4.69, 9.17) is 0 Å². The first-order valence-electron chi connectivity index (χ1n) is 3.75. The minimum atomic E-state index is 0.710. The van der Waals surface area contributed by atoms with Gasteiger partial charge in [-0.1, -0.05) is 24.3 Å². The van der Waals surface area contributed by atoms with Crippen LogP contribution in [-0.4, -0.2) is 6.29 Å². The van der Waals surface area contributed by atoms with Gasteiger partial charge in [-0.15, -0.1) is 0 Å². The molecule has 57 valence electrons. The van der Waals surface area contributed by atoms with Gasteiger partial charge in [0.25, 0.3) is 0 Å².